The molecule has 1 heterocycles. The second-order valence-corrected chi connectivity index (χ2v) is 5.45. The molecule has 0 aromatic rings. The highest BCUT2D eigenvalue weighted by molar-refractivity contribution is 4.98. The van der Waals surface area contributed by atoms with E-state index in [-0.39, 0.29) is 5.60 Å². The zero-order valence-corrected chi connectivity index (χ0v) is 10.9. The van der Waals surface area contributed by atoms with Gasteiger partial charge in [0, 0.05) is 12.6 Å². The number of ether oxygens (including phenoxy) is 1. The second-order valence-electron chi connectivity index (χ2n) is 5.45. The summed E-state index contributed by atoms with van der Waals surface area (Å²) in [6, 6.07) is 0.608. The Morgan fingerprint density at radius 2 is 1.81 bits per heavy atom. The van der Waals surface area contributed by atoms with Crippen molar-refractivity contribution in [3.63, 3.8) is 0 Å². The summed E-state index contributed by atoms with van der Waals surface area (Å²) in [5.74, 6) is 0.856. The molecular weight excluding hydrogens is 198 g/mol. The Hall–Kier alpha value is -0.0800. The van der Waals surface area contributed by atoms with Crippen LogP contribution in [-0.4, -0.2) is 24.8 Å². The predicted molar refractivity (Wildman–Crippen MR) is 67.6 cm³/mol. The van der Waals surface area contributed by atoms with Crippen LogP contribution in [0.15, 0.2) is 0 Å². The maximum atomic E-state index is 6.17. The van der Waals surface area contributed by atoms with Crippen molar-refractivity contribution in [3.8, 4) is 0 Å². The predicted octanol–water partition coefficient (Wildman–Crippen LogP) is 3.11. The molecule has 0 radical (unpaired) electrons. The lowest BCUT2D eigenvalue weighted by Crippen LogP contribution is -2.60. The van der Waals surface area contributed by atoms with Crippen LogP contribution in [-0.2, 0) is 4.74 Å². The lowest BCUT2D eigenvalue weighted by molar-refractivity contribution is -0.118. The summed E-state index contributed by atoms with van der Waals surface area (Å²) in [6.07, 6.45) is 9.40. The summed E-state index contributed by atoms with van der Waals surface area (Å²) in [5, 5.41) is 3.76. The molecule has 1 aliphatic heterocycles. The fraction of sp³-hybridized carbons (Fsp3) is 1.00. The molecule has 1 saturated heterocycles. The van der Waals surface area contributed by atoms with Crippen molar-refractivity contribution >= 4 is 0 Å². The van der Waals surface area contributed by atoms with Gasteiger partial charge >= 0.3 is 0 Å². The van der Waals surface area contributed by atoms with Crippen LogP contribution in [0.1, 0.15) is 58.8 Å². The van der Waals surface area contributed by atoms with E-state index in [2.05, 4.69) is 19.2 Å². The Labute approximate surface area is 100 Å². The highest BCUT2D eigenvalue weighted by Gasteiger charge is 2.43. The molecule has 1 N–H and O–H groups in total. The van der Waals surface area contributed by atoms with Gasteiger partial charge in [-0.2, -0.15) is 0 Å². The van der Waals surface area contributed by atoms with E-state index < -0.39 is 0 Å². The van der Waals surface area contributed by atoms with Crippen molar-refractivity contribution < 1.29 is 4.74 Å². The van der Waals surface area contributed by atoms with Gasteiger partial charge in [0.1, 0.15) is 0 Å². The van der Waals surface area contributed by atoms with Crippen molar-refractivity contribution in [1.82, 2.24) is 5.32 Å². The van der Waals surface area contributed by atoms with Crippen molar-refractivity contribution in [3.05, 3.63) is 0 Å². The Balaban J connectivity index is 2.08. The van der Waals surface area contributed by atoms with E-state index in [9.17, 15) is 0 Å². The fourth-order valence-corrected chi connectivity index (χ4v) is 3.70. The molecule has 1 saturated carbocycles. The Morgan fingerprint density at radius 3 is 2.44 bits per heavy atom. The van der Waals surface area contributed by atoms with Crippen LogP contribution < -0.4 is 5.32 Å². The molecule has 0 amide bonds. The Morgan fingerprint density at radius 1 is 1.12 bits per heavy atom. The van der Waals surface area contributed by atoms with Gasteiger partial charge in [-0.25, -0.2) is 0 Å². The van der Waals surface area contributed by atoms with Crippen LogP contribution in [0.3, 0.4) is 0 Å². The highest BCUT2D eigenvalue weighted by Crippen LogP contribution is 2.37. The Bertz CT molecular complexity index is 207. The average Bonchev–Trinajstić information content (AvgIpc) is 2.39. The summed E-state index contributed by atoms with van der Waals surface area (Å²) in [5.41, 5.74) is 0.125. The van der Waals surface area contributed by atoms with E-state index in [1.165, 1.54) is 32.1 Å². The van der Waals surface area contributed by atoms with Gasteiger partial charge < -0.3 is 10.1 Å². The standard InChI is InChI=1S/C14H27NO/c1-3-14(4-2)13(15-10-11-16-14)12-8-6-5-7-9-12/h12-13,15H,3-11H2,1-2H3. The molecule has 2 heteroatoms. The number of hydrogen-bond acceptors (Lipinski definition) is 2. The van der Waals surface area contributed by atoms with Gasteiger partial charge in [0.2, 0.25) is 0 Å². The second kappa shape index (κ2) is 5.50. The lowest BCUT2D eigenvalue weighted by Gasteiger charge is -2.48. The third kappa shape index (κ3) is 2.28. The van der Waals surface area contributed by atoms with Gasteiger partial charge in [0.15, 0.2) is 0 Å². The largest absolute Gasteiger partial charge is 0.372 e. The van der Waals surface area contributed by atoms with E-state index in [0.29, 0.717) is 6.04 Å². The maximum Gasteiger partial charge on any atom is 0.0832 e. The molecule has 2 aliphatic rings. The minimum Gasteiger partial charge on any atom is -0.372 e. The topological polar surface area (TPSA) is 21.3 Å². The van der Waals surface area contributed by atoms with E-state index in [1.54, 1.807) is 0 Å². The van der Waals surface area contributed by atoms with E-state index in [0.717, 1.165) is 31.9 Å². The fourth-order valence-electron chi connectivity index (χ4n) is 3.70. The van der Waals surface area contributed by atoms with Crippen LogP contribution in [0.4, 0.5) is 0 Å². The summed E-state index contributed by atoms with van der Waals surface area (Å²) in [7, 11) is 0. The minimum absolute atomic E-state index is 0.125. The molecule has 0 aromatic heterocycles. The highest BCUT2D eigenvalue weighted by atomic mass is 16.5. The molecule has 2 fully saturated rings. The molecule has 16 heavy (non-hydrogen) atoms. The van der Waals surface area contributed by atoms with Crippen LogP contribution in [0, 0.1) is 5.92 Å². The number of hydrogen-bond donors (Lipinski definition) is 1. The van der Waals surface area contributed by atoms with Crippen LogP contribution in [0.2, 0.25) is 0 Å². The minimum atomic E-state index is 0.125. The van der Waals surface area contributed by atoms with Crippen molar-refractivity contribution in [2.75, 3.05) is 13.2 Å². The molecule has 2 nitrogen and oxygen atoms in total. The zero-order chi connectivity index (χ0) is 11.4. The van der Waals surface area contributed by atoms with Gasteiger partial charge in [0.05, 0.1) is 12.2 Å². The number of nitrogens with one attached hydrogen (secondary N) is 1. The van der Waals surface area contributed by atoms with Gasteiger partial charge in [-0.15, -0.1) is 0 Å². The van der Waals surface area contributed by atoms with Gasteiger partial charge in [0.25, 0.3) is 0 Å². The molecule has 94 valence electrons. The summed E-state index contributed by atoms with van der Waals surface area (Å²) < 4.78 is 6.17. The molecule has 1 aliphatic carbocycles. The molecule has 0 aromatic carbocycles. The van der Waals surface area contributed by atoms with Crippen molar-refractivity contribution in [2.24, 2.45) is 5.92 Å². The first-order valence-electron chi connectivity index (χ1n) is 7.19. The average molecular weight is 225 g/mol. The summed E-state index contributed by atoms with van der Waals surface area (Å²) in [4.78, 5) is 0. The third-order valence-electron chi connectivity index (χ3n) is 4.74. The zero-order valence-electron chi connectivity index (χ0n) is 10.9. The molecule has 0 bridgehead atoms. The van der Waals surface area contributed by atoms with Gasteiger partial charge in [-0.3, -0.25) is 0 Å². The summed E-state index contributed by atoms with van der Waals surface area (Å²) >= 11 is 0. The lowest BCUT2D eigenvalue weighted by atomic mass is 9.73. The van der Waals surface area contributed by atoms with Crippen LogP contribution in [0.5, 0.6) is 0 Å². The van der Waals surface area contributed by atoms with E-state index >= 15 is 0 Å². The number of morpholine rings is 1. The third-order valence-corrected chi connectivity index (χ3v) is 4.74. The van der Waals surface area contributed by atoms with E-state index in [4.69, 9.17) is 4.74 Å². The smallest absolute Gasteiger partial charge is 0.0832 e. The number of rotatable bonds is 3. The van der Waals surface area contributed by atoms with Crippen LogP contribution in [0.25, 0.3) is 0 Å². The quantitative estimate of drug-likeness (QED) is 0.797. The van der Waals surface area contributed by atoms with Gasteiger partial charge in [-0.05, 0) is 31.6 Å². The molecule has 1 unspecified atom stereocenters. The monoisotopic (exact) mass is 225 g/mol. The van der Waals surface area contributed by atoms with Crippen molar-refractivity contribution in [2.45, 2.75) is 70.4 Å². The molecule has 1 atom stereocenters. The Kier molecular flexibility index (Phi) is 4.26. The molecular formula is C14H27NO. The first-order valence-corrected chi connectivity index (χ1v) is 7.19. The molecule has 0 spiro atoms. The first kappa shape index (κ1) is 12.4. The van der Waals surface area contributed by atoms with Gasteiger partial charge in [-0.1, -0.05) is 33.1 Å². The molecule has 2 rings (SSSR count). The van der Waals surface area contributed by atoms with E-state index in [1.807, 2.05) is 0 Å². The summed E-state index contributed by atoms with van der Waals surface area (Å²) in [6.45, 7) is 6.51. The maximum absolute atomic E-state index is 6.17. The van der Waals surface area contributed by atoms with Crippen LogP contribution >= 0.6 is 0 Å². The normalized spacial score (nSPS) is 31.5. The van der Waals surface area contributed by atoms with Crippen molar-refractivity contribution in [1.29, 1.82) is 0 Å². The SMILES string of the molecule is CCC1(CC)OCCNC1C1CCCCC1. The first-order chi connectivity index (χ1) is 7.82.